The van der Waals surface area contributed by atoms with E-state index in [1.54, 1.807) is 16.6 Å². The Bertz CT molecular complexity index is 1090. The number of nitrogens with two attached hydrogens (primary N) is 1. The van der Waals surface area contributed by atoms with Gasteiger partial charge in [0.15, 0.2) is 11.5 Å². The topological polar surface area (TPSA) is 80.7 Å². The van der Waals surface area contributed by atoms with E-state index in [2.05, 4.69) is 22.4 Å². The molecule has 0 radical (unpaired) electrons. The second kappa shape index (κ2) is 9.03. The molecular formula is C24H33FN6O. The first kappa shape index (κ1) is 22.5. The maximum atomic E-state index is 14.2. The Morgan fingerprint density at radius 2 is 2.09 bits per heavy atom. The predicted molar refractivity (Wildman–Crippen MR) is 125 cm³/mol. The third kappa shape index (κ3) is 4.71. The fraction of sp³-hybridized carbons (Fsp3) is 0.500. The highest BCUT2D eigenvalue weighted by atomic mass is 19.1. The zero-order valence-corrected chi connectivity index (χ0v) is 19.4. The van der Waals surface area contributed by atoms with Crippen LogP contribution in [0.3, 0.4) is 0 Å². The summed E-state index contributed by atoms with van der Waals surface area (Å²) >= 11 is 0. The minimum absolute atomic E-state index is 0.105. The number of rotatable bonds is 7. The first-order valence-corrected chi connectivity index (χ1v) is 11.4. The summed E-state index contributed by atoms with van der Waals surface area (Å²) in [5.41, 5.74) is 12.6. The molecule has 1 fully saturated rings. The molecule has 0 aliphatic carbocycles. The van der Waals surface area contributed by atoms with Crippen molar-refractivity contribution in [1.29, 1.82) is 0 Å². The maximum Gasteiger partial charge on any atom is 0.164 e. The summed E-state index contributed by atoms with van der Waals surface area (Å²) in [6.45, 7) is 9.35. The number of hydrogen-bond donors (Lipinski definition) is 2. The molecule has 0 spiro atoms. The second-order valence-corrected chi connectivity index (χ2v) is 9.40. The highest BCUT2D eigenvalue weighted by molar-refractivity contribution is 5.62. The maximum absolute atomic E-state index is 14.2. The second-order valence-electron chi connectivity index (χ2n) is 9.40. The first-order chi connectivity index (χ1) is 15.3. The first-order valence-electron chi connectivity index (χ1n) is 11.4. The van der Waals surface area contributed by atoms with Crippen LogP contribution < -0.4 is 16.1 Å². The van der Waals surface area contributed by atoms with Gasteiger partial charge < -0.3 is 10.6 Å². The number of nitrogens with one attached hydrogen (secondary N) is 1. The number of benzene rings is 1. The molecule has 4 rings (SSSR count). The number of nitrogen functional groups attached to an aromatic ring is 1. The molecule has 0 unspecified atom stereocenters. The Morgan fingerprint density at radius 1 is 1.28 bits per heavy atom. The summed E-state index contributed by atoms with van der Waals surface area (Å²) in [5.74, 6) is 1.09. The van der Waals surface area contributed by atoms with Gasteiger partial charge in [-0.1, -0.05) is 19.4 Å². The lowest BCUT2D eigenvalue weighted by Gasteiger charge is -2.28. The van der Waals surface area contributed by atoms with E-state index < -0.39 is 0 Å². The molecule has 2 aromatic heterocycles. The zero-order valence-electron chi connectivity index (χ0n) is 19.4. The number of aromatic nitrogens is 3. The molecule has 3 aromatic rings. The van der Waals surface area contributed by atoms with Gasteiger partial charge in [-0.15, -0.1) is 5.10 Å². The summed E-state index contributed by atoms with van der Waals surface area (Å²) in [5, 5.41) is 4.39. The molecule has 7 nitrogen and oxygen atoms in total. The molecule has 172 valence electrons. The van der Waals surface area contributed by atoms with Crippen molar-refractivity contribution in [3.8, 4) is 0 Å². The Labute approximate surface area is 188 Å². The molecular weight excluding hydrogens is 407 g/mol. The van der Waals surface area contributed by atoms with Gasteiger partial charge in [0.25, 0.3) is 0 Å². The fourth-order valence-corrected chi connectivity index (χ4v) is 4.37. The highest BCUT2D eigenvalue weighted by Gasteiger charge is 2.29. The number of nitrogens with zero attached hydrogens (tertiary/aromatic N) is 4. The third-order valence-electron chi connectivity index (χ3n) is 5.76. The number of fused-ring (bicyclic) bond motifs is 1. The van der Waals surface area contributed by atoms with Crippen LogP contribution in [0.2, 0.25) is 0 Å². The lowest BCUT2D eigenvalue weighted by Crippen LogP contribution is -2.29. The van der Waals surface area contributed by atoms with Crippen LogP contribution in [0.25, 0.3) is 5.65 Å². The molecule has 32 heavy (non-hydrogen) atoms. The van der Waals surface area contributed by atoms with E-state index in [1.807, 2.05) is 39.1 Å². The summed E-state index contributed by atoms with van der Waals surface area (Å²) in [7, 11) is 0. The quantitative estimate of drug-likeness (QED) is 0.524. The van der Waals surface area contributed by atoms with E-state index in [-0.39, 0.29) is 17.5 Å². The van der Waals surface area contributed by atoms with E-state index in [0.717, 1.165) is 49.2 Å². The van der Waals surface area contributed by atoms with Gasteiger partial charge in [-0.05, 0) is 69.4 Å². The van der Waals surface area contributed by atoms with Gasteiger partial charge in [0.05, 0.1) is 23.8 Å². The van der Waals surface area contributed by atoms with Gasteiger partial charge in [-0.3, -0.25) is 4.84 Å². The van der Waals surface area contributed by atoms with Gasteiger partial charge in [0.1, 0.15) is 11.6 Å². The largest absolute Gasteiger partial charge is 0.382 e. The third-order valence-corrected chi connectivity index (χ3v) is 5.76. The molecule has 0 amide bonds. The Balaban J connectivity index is 1.66. The van der Waals surface area contributed by atoms with Crippen molar-refractivity contribution in [2.45, 2.75) is 71.6 Å². The number of aryl methyl sites for hydroxylation is 1. The van der Waals surface area contributed by atoms with E-state index in [0.29, 0.717) is 18.0 Å². The summed E-state index contributed by atoms with van der Waals surface area (Å²) < 4.78 is 15.9. The Morgan fingerprint density at radius 3 is 2.84 bits per heavy atom. The van der Waals surface area contributed by atoms with Crippen molar-refractivity contribution in [3.05, 3.63) is 53.0 Å². The van der Waals surface area contributed by atoms with Crippen LogP contribution in [0.1, 0.15) is 69.7 Å². The lowest BCUT2D eigenvalue weighted by atomic mass is 9.95. The monoisotopic (exact) mass is 440 g/mol. The van der Waals surface area contributed by atoms with Crippen LogP contribution in [0.4, 0.5) is 16.0 Å². The van der Waals surface area contributed by atoms with E-state index in [9.17, 15) is 4.39 Å². The molecule has 0 saturated carbocycles. The minimum atomic E-state index is -0.319. The molecule has 1 atom stereocenters. The van der Waals surface area contributed by atoms with Crippen molar-refractivity contribution < 1.29 is 9.23 Å². The van der Waals surface area contributed by atoms with Gasteiger partial charge in [-0.25, -0.2) is 13.9 Å². The Hall–Kier alpha value is -2.71. The lowest BCUT2D eigenvalue weighted by molar-refractivity contribution is -0.0756. The standard InChI is InChI=1S/C24H33FN6O/c1-5-7-16-9-10-17(25)14-18(16)20-8-6-12-30(20)21-11-13-31-23(28-21)19(22(26)29-31)15-27-32-24(2,3)4/h9-11,13-14,20,27H,5-8,12,15H2,1-4H3,(H2,26,29)/t20-/m1/s1. The smallest absolute Gasteiger partial charge is 0.164 e. The van der Waals surface area contributed by atoms with Crippen molar-refractivity contribution in [1.82, 2.24) is 20.1 Å². The van der Waals surface area contributed by atoms with Crippen molar-refractivity contribution >= 4 is 17.3 Å². The van der Waals surface area contributed by atoms with Gasteiger partial charge in [-0.2, -0.15) is 5.48 Å². The molecule has 1 aliphatic rings. The fourth-order valence-electron chi connectivity index (χ4n) is 4.37. The molecule has 1 saturated heterocycles. The van der Waals surface area contributed by atoms with E-state index in [1.165, 1.54) is 5.56 Å². The summed E-state index contributed by atoms with van der Waals surface area (Å²) in [4.78, 5) is 12.8. The minimum Gasteiger partial charge on any atom is -0.382 e. The Kier molecular flexibility index (Phi) is 6.35. The average molecular weight is 441 g/mol. The van der Waals surface area contributed by atoms with Crippen LogP contribution in [-0.2, 0) is 17.8 Å². The van der Waals surface area contributed by atoms with Crippen molar-refractivity contribution in [2.24, 2.45) is 0 Å². The summed E-state index contributed by atoms with van der Waals surface area (Å²) in [6, 6.07) is 7.25. The van der Waals surface area contributed by atoms with Crippen LogP contribution in [-0.4, -0.2) is 26.7 Å². The van der Waals surface area contributed by atoms with Gasteiger partial charge >= 0.3 is 0 Å². The van der Waals surface area contributed by atoms with Crippen molar-refractivity contribution in [2.75, 3.05) is 17.2 Å². The molecule has 3 N–H and O–H groups in total. The predicted octanol–water partition coefficient (Wildman–Crippen LogP) is 4.56. The molecule has 0 bridgehead atoms. The van der Waals surface area contributed by atoms with E-state index >= 15 is 0 Å². The number of hydroxylamine groups is 1. The summed E-state index contributed by atoms with van der Waals surface area (Å²) in [6.07, 6.45) is 5.86. The van der Waals surface area contributed by atoms with Crippen LogP contribution in [0, 0.1) is 5.82 Å². The normalized spacial score (nSPS) is 16.9. The number of anilines is 2. The zero-order chi connectivity index (χ0) is 22.9. The molecule has 3 heterocycles. The SMILES string of the molecule is CCCc1ccc(F)cc1[C@H]1CCCN1c1ccn2nc(N)c(CNOC(C)(C)C)c2n1. The van der Waals surface area contributed by atoms with Crippen LogP contribution >= 0.6 is 0 Å². The van der Waals surface area contributed by atoms with Crippen LogP contribution in [0.5, 0.6) is 0 Å². The van der Waals surface area contributed by atoms with E-state index in [4.69, 9.17) is 15.6 Å². The molecule has 1 aliphatic heterocycles. The number of halogens is 1. The van der Waals surface area contributed by atoms with Gasteiger partial charge in [0, 0.05) is 12.7 Å². The number of hydrogen-bond acceptors (Lipinski definition) is 6. The average Bonchev–Trinajstić information content (AvgIpc) is 3.33. The molecule has 1 aromatic carbocycles. The molecule has 8 heteroatoms. The van der Waals surface area contributed by atoms with Crippen molar-refractivity contribution in [3.63, 3.8) is 0 Å². The highest BCUT2D eigenvalue weighted by Crippen LogP contribution is 2.37. The van der Waals surface area contributed by atoms with Gasteiger partial charge in [0.2, 0.25) is 0 Å². The van der Waals surface area contributed by atoms with Crippen LogP contribution in [0.15, 0.2) is 30.5 Å².